The first-order valence-electron chi connectivity index (χ1n) is 10.1. The lowest BCUT2D eigenvalue weighted by Crippen LogP contribution is -2.19. The Morgan fingerprint density at radius 2 is 1.71 bits per heavy atom. The fraction of sp³-hybridized carbons (Fsp3) is 0.200. The van der Waals surface area contributed by atoms with Gasteiger partial charge in [-0.15, -0.1) is 0 Å². The number of nitrogens with zero attached hydrogens (tertiary/aromatic N) is 2. The number of benzene rings is 2. The molecule has 0 unspecified atom stereocenters. The third kappa shape index (κ3) is 4.16. The monoisotopic (exact) mass is 431 g/mol. The molecular formula is C25H25N3O2S. The minimum atomic E-state index is -0.130. The third-order valence-corrected chi connectivity index (χ3v) is 6.28. The van der Waals surface area contributed by atoms with Crippen LogP contribution in [0.5, 0.6) is 5.75 Å². The minimum absolute atomic E-state index is 0.130. The molecule has 0 radical (unpaired) electrons. The molecule has 0 saturated carbocycles. The van der Waals surface area contributed by atoms with E-state index in [-0.39, 0.29) is 5.91 Å². The van der Waals surface area contributed by atoms with E-state index in [9.17, 15) is 4.79 Å². The van der Waals surface area contributed by atoms with Gasteiger partial charge in [0.1, 0.15) is 5.75 Å². The molecule has 0 atom stereocenters. The van der Waals surface area contributed by atoms with Crippen molar-refractivity contribution in [3.8, 4) is 11.4 Å². The van der Waals surface area contributed by atoms with E-state index in [1.165, 1.54) is 28.6 Å². The maximum absolute atomic E-state index is 12.6. The number of carbonyl (C=O) groups excluding carboxylic acids is 1. The van der Waals surface area contributed by atoms with E-state index in [1.807, 2.05) is 30.3 Å². The summed E-state index contributed by atoms with van der Waals surface area (Å²) in [5.41, 5.74) is 7.69. The van der Waals surface area contributed by atoms with Gasteiger partial charge in [-0.1, -0.05) is 18.2 Å². The second-order valence-electron chi connectivity index (χ2n) is 7.58. The highest BCUT2D eigenvalue weighted by Crippen LogP contribution is 2.32. The number of rotatable bonds is 4. The molecule has 1 aromatic heterocycles. The molecule has 6 heteroatoms. The van der Waals surface area contributed by atoms with E-state index < -0.39 is 0 Å². The zero-order chi connectivity index (χ0) is 22.1. The predicted octanol–water partition coefficient (Wildman–Crippen LogP) is 5.61. The van der Waals surface area contributed by atoms with Crippen LogP contribution in [0.2, 0.25) is 0 Å². The molecule has 2 heterocycles. The minimum Gasteiger partial charge on any atom is -0.497 e. The number of ether oxygens (including phenoxy) is 1. The number of para-hydroxylation sites is 1. The Kier molecular flexibility index (Phi) is 5.74. The van der Waals surface area contributed by atoms with Gasteiger partial charge < -0.3 is 14.6 Å². The number of methoxy groups -OCH3 is 1. The first-order valence-corrected chi connectivity index (χ1v) is 10.9. The summed E-state index contributed by atoms with van der Waals surface area (Å²) >= 11 is 1.35. The summed E-state index contributed by atoms with van der Waals surface area (Å²) in [5, 5.41) is 3.43. The number of amidine groups is 1. The van der Waals surface area contributed by atoms with Crippen molar-refractivity contribution in [3.63, 3.8) is 0 Å². The van der Waals surface area contributed by atoms with Crippen LogP contribution in [0.1, 0.15) is 28.1 Å². The molecule has 1 saturated heterocycles. The van der Waals surface area contributed by atoms with Crippen molar-refractivity contribution in [1.82, 2.24) is 9.88 Å². The van der Waals surface area contributed by atoms with Gasteiger partial charge in [0.25, 0.3) is 5.91 Å². The van der Waals surface area contributed by atoms with E-state index in [0.717, 1.165) is 28.4 Å². The van der Waals surface area contributed by atoms with Crippen LogP contribution in [-0.4, -0.2) is 22.8 Å². The SMILES string of the molecule is COc1ccc(N=C2NC(=O)/C(=C\c3cc(C)n(-c4c(C)cccc4C)c3C)S2)cc1. The molecule has 3 aromatic rings. The van der Waals surface area contributed by atoms with Gasteiger partial charge in [0.05, 0.1) is 23.4 Å². The Labute approximate surface area is 186 Å². The van der Waals surface area contributed by atoms with E-state index in [0.29, 0.717) is 10.1 Å². The highest BCUT2D eigenvalue weighted by molar-refractivity contribution is 8.18. The van der Waals surface area contributed by atoms with Gasteiger partial charge in [0, 0.05) is 11.4 Å². The number of thioether (sulfide) groups is 1. The molecule has 0 spiro atoms. The zero-order valence-electron chi connectivity index (χ0n) is 18.3. The predicted molar refractivity (Wildman–Crippen MR) is 129 cm³/mol. The summed E-state index contributed by atoms with van der Waals surface area (Å²) in [7, 11) is 1.63. The van der Waals surface area contributed by atoms with Crippen molar-refractivity contribution in [1.29, 1.82) is 0 Å². The molecule has 4 rings (SSSR count). The van der Waals surface area contributed by atoms with E-state index in [4.69, 9.17) is 4.74 Å². The number of nitrogens with one attached hydrogen (secondary N) is 1. The van der Waals surface area contributed by atoms with Crippen LogP contribution < -0.4 is 10.1 Å². The number of aromatic nitrogens is 1. The molecule has 1 aliphatic heterocycles. The van der Waals surface area contributed by atoms with Gasteiger partial charge >= 0.3 is 0 Å². The summed E-state index contributed by atoms with van der Waals surface area (Å²) in [6.45, 7) is 8.44. The van der Waals surface area contributed by atoms with Crippen molar-refractivity contribution in [2.24, 2.45) is 4.99 Å². The normalized spacial score (nSPS) is 16.2. The number of carbonyl (C=O) groups is 1. The molecule has 2 aromatic carbocycles. The van der Waals surface area contributed by atoms with Gasteiger partial charge in [-0.05, 0) is 92.6 Å². The molecule has 1 N–H and O–H groups in total. The smallest absolute Gasteiger partial charge is 0.264 e. The van der Waals surface area contributed by atoms with Gasteiger partial charge in [-0.2, -0.15) is 0 Å². The molecule has 158 valence electrons. The van der Waals surface area contributed by atoms with Crippen molar-refractivity contribution in [2.75, 3.05) is 7.11 Å². The van der Waals surface area contributed by atoms with Gasteiger partial charge in [-0.3, -0.25) is 4.79 Å². The first kappa shape index (κ1) is 21.0. The Morgan fingerprint density at radius 1 is 1.03 bits per heavy atom. The van der Waals surface area contributed by atoms with Crippen LogP contribution in [-0.2, 0) is 4.79 Å². The Balaban J connectivity index is 1.65. The molecule has 0 aliphatic carbocycles. The van der Waals surface area contributed by atoms with Gasteiger partial charge in [0.15, 0.2) is 5.17 Å². The number of aryl methyl sites for hydroxylation is 3. The maximum Gasteiger partial charge on any atom is 0.264 e. The summed E-state index contributed by atoms with van der Waals surface area (Å²) < 4.78 is 7.44. The molecule has 1 fully saturated rings. The lowest BCUT2D eigenvalue weighted by molar-refractivity contribution is -0.115. The summed E-state index contributed by atoms with van der Waals surface area (Å²) in [5.74, 6) is 0.640. The standard InChI is InChI=1S/C25H25N3O2S/c1-15-7-6-8-16(2)23(15)28-17(3)13-19(18(28)4)14-22-24(29)27-25(31-22)26-20-9-11-21(30-5)12-10-20/h6-14H,1-5H3,(H,26,27,29)/b22-14+. The highest BCUT2D eigenvalue weighted by atomic mass is 32.2. The van der Waals surface area contributed by atoms with Crippen molar-refractivity contribution < 1.29 is 9.53 Å². The molecule has 1 amide bonds. The third-order valence-electron chi connectivity index (χ3n) is 5.37. The zero-order valence-corrected chi connectivity index (χ0v) is 19.1. The average molecular weight is 432 g/mol. The van der Waals surface area contributed by atoms with Crippen LogP contribution in [0.15, 0.2) is 58.4 Å². The van der Waals surface area contributed by atoms with Gasteiger partial charge in [0.2, 0.25) is 0 Å². The second kappa shape index (κ2) is 8.47. The lowest BCUT2D eigenvalue weighted by Gasteiger charge is -2.15. The Morgan fingerprint density at radius 3 is 2.35 bits per heavy atom. The fourth-order valence-corrected chi connectivity index (χ4v) is 4.66. The van der Waals surface area contributed by atoms with Crippen LogP contribution in [0, 0.1) is 27.7 Å². The van der Waals surface area contributed by atoms with Gasteiger partial charge in [-0.25, -0.2) is 4.99 Å². The summed E-state index contributed by atoms with van der Waals surface area (Å²) in [6, 6.07) is 15.9. The topological polar surface area (TPSA) is 55.6 Å². The maximum atomic E-state index is 12.6. The number of amides is 1. The van der Waals surface area contributed by atoms with Crippen molar-refractivity contribution in [2.45, 2.75) is 27.7 Å². The quantitative estimate of drug-likeness (QED) is 0.546. The molecule has 5 nitrogen and oxygen atoms in total. The molecule has 0 bridgehead atoms. The summed E-state index contributed by atoms with van der Waals surface area (Å²) in [6.07, 6.45) is 1.95. The molecule has 31 heavy (non-hydrogen) atoms. The lowest BCUT2D eigenvalue weighted by atomic mass is 10.1. The van der Waals surface area contributed by atoms with Crippen LogP contribution in [0.4, 0.5) is 5.69 Å². The van der Waals surface area contributed by atoms with Crippen LogP contribution in [0.25, 0.3) is 11.8 Å². The largest absolute Gasteiger partial charge is 0.497 e. The average Bonchev–Trinajstić information content (AvgIpc) is 3.22. The number of hydrogen-bond acceptors (Lipinski definition) is 4. The van der Waals surface area contributed by atoms with Crippen LogP contribution >= 0.6 is 11.8 Å². The van der Waals surface area contributed by atoms with E-state index in [2.05, 4.69) is 66.8 Å². The number of hydrogen-bond donors (Lipinski definition) is 1. The molecule has 1 aliphatic rings. The Bertz CT molecular complexity index is 1200. The first-order chi connectivity index (χ1) is 14.9. The molecular weight excluding hydrogens is 406 g/mol. The summed E-state index contributed by atoms with van der Waals surface area (Å²) in [4.78, 5) is 17.7. The van der Waals surface area contributed by atoms with Crippen molar-refractivity contribution in [3.05, 3.63) is 81.5 Å². The van der Waals surface area contributed by atoms with E-state index in [1.54, 1.807) is 7.11 Å². The second-order valence-corrected chi connectivity index (χ2v) is 8.61. The van der Waals surface area contributed by atoms with Crippen molar-refractivity contribution >= 4 is 34.6 Å². The van der Waals surface area contributed by atoms with E-state index >= 15 is 0 Å². The fourth-order valence-electron chi connectivity index (χ4n) is 3.83. The number of aliphatic imine (C=N–C) groups is 1. The Hall–Kier alpha value is -3.25. The highest BCUT2D eigenvalue weighted by Gasteiger charge is 2.25. The van der Waals surface area contributed by atoms with Crippen LogP contribution in [0.3, 0.4) is 0 Å².